The summed E-state index contributed by atoms with van der Waals surface area (Å²) < 4.78 is 10.9. The molecule has 2 heterocycles. The molecule has 0 amide bonds. The third-order valence-electron chi connectivity index (χ3n) is 4.50. The van der Waals surface area contributed by atoms with Gasteiger partial charge in [0, 0.05) is 16.7 Å². The van der Waals surface area contributed by atoms with Crippen molar-refractivity contribution in [3.8, 4) is 45.4 Å². The van der Waals surface area contributed by atoms with Crippen LogP contribution in [0.25, 0.3) is 33.9 Å². The monoisotopic (exact) mass is 352 g/mol. The van der Waals surface area contributed by atoms with E-state index in [1.54, 1.807) is 0 Å². The molecule has 0 N–H and O–H groups in total. The van der Waals surface area contributed by atoms with Gasteiger partial charge in [-0.2, -0.15) is 0 Å². The van der Waals surface area contributed by atoms with Gasteiger partial charge in [0.1, 0.15) is 0 Å². The van der Waals surface area contributed by atoms with Gasteiger partial charge in [-0.3, -0.25) is 0 Å². The molecular weight excluding hydrogens is 336 g/mol. The lowest BCUT2D eigenvalue weighted by Gasteiger charge is -2.09. The fraction of sp³-hybridized carbons (Fsp3) is 0.0435. The van der Waals surface area contributed by atoms with Crippen LogP contribution in [0.15, 0.2) is 84.9 Å². The molecule has 0 fully saturated rings. The molecule has 1 aliphatic heterocycles. The van der Waals surface area contributed by atoms with Crippen molar-refractivity contribution in [1.29, 1.82) is 0 Å². The van der Waals surface area contributed by atoms with E-state index in [9.17, 15) is 0 Å². The molecule has 3 aromatic carbocycles. The highest BCUT2D eigenvalue weighted by Crippen LogP contribution is 2.36. The van der Waals surface area contributed by atoms with Gasteiger partial charge in [0.2, 0.25) is 6.79 Å². The second-order valence-corrected chi connectivity index (χ2v) is 6.26. The molecule has 1 aromatic heterocycles. The standard InChI is InChI=1S/C23H16N2O2/c1-3-7-16(8-4-1)19-14-20(18-11-12-21-22(13-18)27-15-26-21)25-23(24-19)17-9-5-2-6-10-17/h1-14H,15H2. The van der Waals surface area contributed by atoms with Crippen LogP contribution in [0.1, 0.15) is 0 Å². The molecule has 4 aromatic rings. The van der Waals surface area contributed by atoms with Crippen molar-refractivity contribution in [2.24, 2.45) is 0 Å². The Balaban J connectivity index is 1.68. The zero-order valence-electron chi connectivity index (χ0n) is 14.5. The normalized spacial score (nSPS) is 12.1. The van der Waals surface area contributed by atoms with Gasteiger partial charge in [-0.15, -0.1) is 0 Å². The fourth-order valence-corrected chi connectivity index (χ4v) is 3.12. The zero-order valence-corrected chi connectivity index (χ0v) is 14.5. The van der Waals surface area contributed by atoms with Gasteiger partial charge in [0.15, 0.2) is 17.3 Å². The van der Waals surface area contributed by atoms with Crippen molar-refractivity contribution in [2.75, 3.05) is 6.79 Å². The van der Waals surface area contributed by atoms with Crippen LogP contribution in [-0.4, -0.2) is 16.8 Å². The summed E-state index contributed by atoms with van der Waals surface area (Å²) in [6.45, 7) is 0.257. The molecule has 0 unspecified atom stereocenters. The Morgan fingerprint density at radius 2 is 1.19 bits per heavy atom. The lowest BCUT2D eigenvalue weighted by atomic mass is 10.1. The van der Waals surface area contributed by atoms with Crippen LogP contribution in [0, 0.1) is 0 Å². The number of fused-ring (bicyclic) bond motifs is 1. The van der Waals surface area contributed by atoms with Crippen LogP contribution in [0.5, 0.6) is 11.5 Å². The summed E-state index contributed by atoms with van der Waals surface area (Å²) in [5.74, 6) is 2.21. The maximum atomic E-state index is 5.52. The van der Waals surface area contributed by atoms with Gasteiger partial charge >= 0.3 is 0 Å². The maximum Gasteiger partial charge on any atom is 0.231 e. The Morgan fingerprint density at radius 1 is 0.556 bits per heavy atom. The van der Waals surface area contributed by atoms with Gasteiger partial charge in [-0.05, 0) is 24.3 Å². The second-order valence-electron chi connectivity index (χ2n) is 6.26. The van der Waals surface area contributed by atoms with E-state index in [2.05, 4.69) is 12.1 Å². The number of rotatable bonds is 3. The quantitative estimate of drug-likeness (QED) is 0.508. The van der Waals surface area contributed by atoms with Gasteiger partial charge in [0.25, 0.3) is 0 Å². The SMILES string of the molecule is c1ccc(-c2cc(-c3ccc4c(c3)OCO4)nc(-c3ccccc3)n2)cc1. The summed E-state index contributed by atoms with van der Waals surface area (Å²) in [6.07, 6.45) is 0. The molecule has 0 radical (unpaired) electrons. The first-order chi connectivity index (χ1) is 13.4. The van der Waals surface area contributed by atoms with Crippen molar-refractivity contribution in [3.05, 3.63) is 84.9 Å². The van der Waals surface area contributed by atoms with E-state index in [1.165, 1.54) is 0 Å². The number of ether oxygens (including phenoxy) is 2. The summed E-state index contributed by atoms with van der Waals surface area (Å²) in [5, 5.41) is 0. The summed E-state index contributed by atoms with van der Waals surface area (Å²) >= 11 is 0. The molecule has 0 spiro atoms. The topological polar surface area (TPSA) is 44.2 Å². The minimum absolute atomic E-state index is 0.257. The predicted octanol–water partition coefficient (Wildman–Crippen LogP) is 5.21. The lowest BCUT2D eigenvalue weighted by Crippen LogP contribution is -1.95. The van der Waals surface area contributed by atoms with Crippen LogP contribution in [0.3, 0.4) is 0 Å². The van der Waals surface area contributed by atoms with Gasteiger partial charge in [-0.25, -0.2) is 9.97 Å². The maximum absolute atomic E-state index is 5.52. The summed E-state index contributed by atoms with van der Waals surface area (Å²) in [4.78, 5) is 9.62. The second kappa shape index (κ2) is 6.57. The fourth-order valence-electron chi connectivity index (χ4n) is 3.12. The van der Waals surface area contributed by atoms with Crippen molar-refractivity contribution < 1.29 is 9.47 Å². The van der Waals surface area contributed by atoms with E-state index in [-0.39, 0.29) is 6.79 Å². The van der Waals surface area contributed by atoms with E-state index in [1.807, 2.05) is 72.8 Å². The summed E-state index contributed by atoms with van der Waals surface area (Å²) in [5.41, 5.74) is 4.74. The van der Waals surface area contributed by atoms with Crippen molar-refractivity contribution in [2.45, 2.75) is 0 Å². The lowest BCUT2D eigenvalue weighted by molar-refractivity contribution is 0.174. The minimum atomic E-state index is 0.257. The molecule has 27 heavy (non-hydrogen) atoms. The van der Waals surface area contributed by atoms with Crippen molar-refractivity contribution in [3.63, 3.8) is 0 Å². The van der Waals surface area contributed by atoms with Crippen LogP contribution < -0.4 is 9.47 Å². The van der Waals surface area contributed by atoms with E-state index in [0.717, 1.165) is 39.6 Å². The Hall–Kier alpha value is -3.66. The molecule has 4 heteroatoms. The van der Waals surface area contributed by atoms with E-state index >= 15 is 0 Å². The molecule has 1 aliphatic rings. The number of nitrogens with zero attached hydrogens (tertiary/aromatic N) is 2. The Bertz CT molecular complexity index is 1040. The van der Waals surface area contributed by atoms with Crippen LogP contribution in [-0.2, 0) is 0 Å². The average Bonchev–Trinajstić information content (AvgIpc) is 3.22. The molecule has 0 bridgehead atoms. The molecule has 0 saturated heterocycles. The first kappa shape index (κ1) is 15.6. The molecule has 4 nitrogen and oxygen atoms in total. The smallest absolute Gasteiger partial charge is 0.231 e. The number of hydrogen-bond donors (Lipinski definition) is 0. The molecule has 130 valence electrons. The highest BCUT2D eigenvalue weighted by atomic mass is 16.7. The highest BCUT2D eigenvalue weighted by Gasteiger charge is 2.16. The number of benzene rings is 3. The largest absolute Gasteiger partial charge is 0.454 e. The van der Waals surface area contributed by atoms with Gasteiger partial charge in [-0.1, -0.05) is 60.7 Å². The molecule has 0 aliphatic carbocycles. The third-order valence-corrected chi connectivity index (χ3v) is 4.50. The predicted molar refractivity (Wildman–Crippen MR) is 104 cm³/mol. The Labute approximate surface area is 157 Å². The third kappa shape index (κ3) is 3.02. The van der Waals surface area contributed by atoms with Crippen molar-refractivity contribution >= 4 is 0 Å². The van der Waals surface area contributed by atoms with Crippen LogP contribution in [0.4, 0.5) is 0 Å². The van der Waals surface area contributed by atoms with E-state index < -0.39 is 0 Å². The Morgan fingerprint density at radius 3 is 1.93 bits per heavy atom. The van der Waals surface area contributed by atoms with Crippen LogP contribution in [0.2, 0.25) is 0 Å². The molecule has 0 atom stereocenters. The van der Waals surface area contributed by atoms with E-state index in [4.69, 9.17) is 19.4 Å². The van der Waals surface area contributed by atoms with Crippen molar-refractivity contribution in [1.82, 2.24) is 9.97 Å². The number of aromatic nitrogens is 2. The van der Waals surface area contributed by atoms with Gasteiger partial charge in [0.05, 0.1) is 11.4 Å². The molecule has 0 saturated carbocycles. The molecule has 5 rings (SSSR count). The summed E-state index contributed by atoms with van der Waals surface area (Å²) in [7, 11) is 0. The first-order valence-corrected chi connectivity index (χ1v) is 8.77. The average molecular weight is 352 g/mol. The number of hydrogen-bond acceptors (Lipinski definition) is 4. The Kier molecular flexibility index (Phi) is 3.79. The minimum Gasteiger partial charge on any atom is -0.454 e. The summed E-state index contributed by atoms with van der Waals surface area (Å²) in [6, 6.07) is 28.1. The highest BCUT2D eigenvalue weighted by molar-refractivity contribution is 5.73. The zero-order chi connectivity index (χ0) is 18.1. The first-order valence-electron chi connectivity index (χ1n) is 8.77. The van der Waals surface area contributed by atoms with Gasteiger partial charge < -0.3 is 9.47 Å². The van der Waals surface area contributed by atoms with Crippen LogP contribution >= 0.6 is 0 Å². The molecular formula is C23H16N2O2. The van der Waals surface area contributed by atoms with E-state index in [0.29, 0.717) is 5.82 Å².